The molecule has 2 atom stereocenters. The zero-order chi connectivity index (χ0) is 26.9. The number of alkyl halides is 3. The molecule has 0 saturated carbocycles. The second-order valence-corrected chi connectivity index (χ2v) is 9.05. The number of hydrogen-bond acceptors (Lipinski definition) is 8. The molecule has 2 aromatic heterocycles. The Labute approximate surface area is 215 Å². The Bertz CT molecular complexity index is 1320. The van der Waals surface area contributed by atoms with E-state index in [4.69, 9.17) is 9.84 Å². The number of fused-ring (bicyclic) bond motifs is 4. The summed E-state index contributed by atoms with van der Waals surface area (Å²) in [6.07, 6.45) is -1.03. The quantitative estimate of drug-likeness (QED) is 0.444. The third kappa shape index (κ3) is 5.34. The third-order valence-electron chi connectivity index (χ3n) is 6.37. The summed E-state index contributed by atoms with van der Waals surface area (Å²) >= 11 is 0. The van der Waals surface area contributed by atoms with E-state index in [-0.39, 0.29) is 29.9 Å². The Balaban J connectivity index is 1.44. The SMILES string of the molecule is O=C(Nc1cc(OC[C@H](O)CO)ccn1)N1c2nc(-c3cccc(C(F)(F)F)c3)ncc2N2CCC[C@H]1C2. The van der Waals surface area contributed by atoms with E-state index in [1.165, 1.54) is 29.3 Å². The van der Waals surface area contributed by atoms with Gasteiger partial charge in [-0.2, -0.15) is 13.2 Å². The second-order valence-electron chi connectivity index (χ2n) is 9.05. The molecule has 2 amide bonds. The zero-order valence-electron chi connectivity index (χ0n) is 20.1. The fourth-order valence-electron chi connectivity index (χ4n) is 4.54. The second kappa shape index (κ2) is 10.4. The summed E-state index contributed by atoms with van der Waals surface area (Å²) in [5.41, 5.74) is -0.00798. The van der Waals surface area contributed by atoms with Gasteiger partial charge in [-0.15, -0.1) is 0 Å². The van der Waals surface area contributed by atoms with Gasteiger partial charge in [-0.3, -0.25) is 10.2 Å². The van der Waals surface area contributed by atoms with Gasteiger partial charge in [0.05, 0.1) is 30.1 Å². The van der Waals surface area contributed by atoms with Gasteiger partial charge < -0.3 is 19.8 Å². The van der Waals surface area contributed by atoms with Crippen LogP contribution in [0.4, 0.5) is 35.3 Å². The van der Waals surface area contributed by atoms with E-state index in [1.54, 1.807) is 12.3 Å². The summed E-state index contributed by atoms with van der Waals surface area (Å²) in [5, 5.41) is 21.2. The molecule has 1 aromatic carbocycles. The molecule has 10 nitrogen and oxygen atoms in total. The number of ether oxygens (including phenoxy) is 1. The molecule has 2 bridgehead atoms. The number of aromatic nitrogens is 3. The number of pyridine rings is 1. The van der Waals surface area contributed by atoms with Crippen molar-refractivity contribution >= 4 is 23.4 Å². The van der Waals surface area contributed by atoms with Crippen LogP contribution in [0.15, 0.2) is 48.8 Å². The molecule has 200 valence electrons. The lowest BCUT2D eigenvalue weighted by Crippen LogP contribution is -2.56. The molecule has 5 rings (SSSR count). The minimum atomic E-state index is -4.51. The topological polar surface area (TPSA) is 124 Å². The number of carbonyl (C=O) groups is 1. The molecular formula is C25H25F3N6O4. The standard InChI is InChI=1S/C25H25F3N6O4/c26-25(27,28)16-4-1-3-15(9-16)22-30-11-20-23(32-22)34(17-5-2-8-33(20)12-17)24(37)31-21-10-19(6-7-29-21)38-14-18(36)13-35/h1,3-4,6-7,9-11,17-18,35-36H,2,5,8,12-14H2,(H,29,31,37)/t17-,18+/m0/s1. The van der Waals surface area contributed by atoms with Gasteiger partial charge in [-0.05, 0) is 31.0 Å². The summed E-state index contributed by atoms with van der Waals surface area (Å²) in [5.74, 6) is 0.905. The number of halogens is 3. The number of piperidine rings is 1. The molecule has 0 radical (unpaired) electrons. The first-order valence-electron chi connectivity index (χ1n) is 12.0. The number of urea groups is 1. The normalized spacial score (nSPS) is 17.6. The smallest absolute Gasteiger partial charge is 0.416 e. The highest BCUT2D eigenvalue weighted by atomic mass is 19.4. The summed E-state index contributed by atoms with van der Waals surface area (Å²) in [4.78, 5) is 30.1. The van der Waals surface area contributed by atoms with E-state index in [1.807, 2.05) is 0 Å². The first-order valence-corrected chi connectivity index (χ1v) is 12.0. The van der Waals surface area contributed by atoms with Gasteiger partial charge >= 0.3 is 12.2 Å². The van der Waals surface area contributed by atoms with Gasteiger partial charge in [-0.1, -0.05) is 12.1 Å². The number of benzene rings is 1. The van der Waals surface area contributed by atoms with Crippen molar-refractivity contribution in [3.63, 3.8) is 0 Å². The molecule has 0 spiro atoms. The Kier molecular flexibility index (Phi) is 7.04. The van der Waals surface area contributed by atoms with E-state index < -0.39 is 30.5 Å². The van der Waals surface area contributed by atoms with Gasteiger partial charge in [-0.25, -0.2) is 19.7 Å². The molecular weight excluding hydrogens is 505 g/mol. The Morgan fingerprint density at radius 2 is 2.08 bits per heavy atom. The van der Waals surface area contributed by atoms with Crippen molar-refractivity contribution in [3.05, 3.63) is 54.4 Å². The summed E-state index contributed by atoms with van der Waals surface area (Å²) in [6.45, 7) is 0.737. The average molecular weight is 531 g/mol. The Morgan fingerprint density at radius 1 is 1.24 bits per heavy atom. The first kappa shape index (κ1) is 25.7. The number of anilines is 3. The summed E-state index contributed by atoms with van der Waals surface area (Å²) in [6, 6.07) is 7.06. The summed E-state index contributed by atoms with van der Waals surface area (Å²) < 4.78 is 45.2. The van der Waals surface area contributed by atoms with Crippen LogP contribution < -0.4 is 19.9 Å². The minimum Gasteiger partial charge on any atom is -0.491 e. The highest BCUT2D eigenvalue weighted by molar-refractivity contribution is 6.04. The molecule has 0 aliphatic carbocycles. The van der Waals surface area contributed by atoms with Crippen LogP contribution in [-0.4, -0.2) is 69.6 Å². The van der Waals surface area contributed by atoms with Crippen LogP contribution in [0.2, 0.25) is 0 Å². The number of aliphatic hydroxyl groups excluding tert-OH is 2. The van der Waals surface area contributed by atoms with Gasteiger partial charge in [0.2, 0.25) is 0 Å². The minimum absolute atomic E-state index is 0.0739. The number of carbonyl (C=O) groups excluding carboxylic acids is 1. The van der Waals surface area contributed by atoms with Crippen LogP contribution in [0.1, 0.15) is 18.4 Å². The van der Waals surface area contributed by atoms with E-state index >= 15 is 0 Å². The van der Waals surface area contributed by atoms with E-state index in [2.05, 4.69) is 25.2 Å². The Morgan fingerprint density at radius 3 is 2.87 bits per heavy atom. The molecule has 2 aliphatic rings. The van der Waals surface area contributed by atoms with Gasteiger partial charge in [0.1, 0.15) is 24.3 Å². The Hall–Kier alpha value is -3.97. The molecule has 2 aliphatic heterocycles. The van der Waals surface area contributed by atoms with Crippen LogP contribution in [-0.2, 0) is 6.18 Å². The van der Waals surface area contributed by atoms with Crippen LogP contribution in [0, 0.1) is 0 Å². The van der Waals surface area contributed by atoms with Gasteiger partial charge in [0.15, 0.2) is 11.6 Å². The van der Waals surface area contributed by atoms with Crippen molar-refractivity contribution in [2.45, 2.75) is 31.2 Å². The van der Waals surface area contributed by atoms with Crippen LogP contribution in [0.3, 0.4) is 0 Å². The van der Waals surface area contributed by atoms with Crippen molar-refractivity contribution in [2.75, 3.05) is 41.4 Å². The van der Waals surface area contributed by atoms with Crippen molar-refractivity contribution in [1.82, 2.24) is 15.0 Å². The maximum atomic E-state index is 13.5. The maximum absolute atomic E-state index is 13.5. The lowest BCUT2D eigenvalue weighted by atomic mass is 10.0. The highest BCUT2D eigenvalue weighted by Crippen LogP contribution is 2.39. The van der Waals surface area contributed by atoms with Crippen molar-refractivity contribution in [2.24, 2.45) is 0 Å². The molecule has 3 aromatic rings. The summed E-state index contributed by atoms with van der Waals surface area (Å²) in [7, 11) is 0. The number of nitrogens with one attached hydrogen (secondary N) is 1. The number of amides is 2. The molecule has 13 heteroatoms. The first-order chi connectivity index (χ1) is 18.2. The third-order valence-corrected chi connectivity index (χ3v) is 6.37. The lowest BCUT2D eigenvalue weighted by Gasteiger charge is -2.45. The molecule has 38 heavy (non-hydrogen) atoms. The number of rotatable bonds is 6. The molecule has 3 N–H and O–H groups in total. The van der Waals surface area contributed by atoms with E-state index in [9.17, 15) is 23.1 Å². The number of aliphatic hydroxyl groups is 2. The fourth-order valence-corrected chi connectivity index (χ4v) is 4.54. The monoisotopic (exact) mass is 530 g/mol. The van der Waals surface area contributed by atoms with Crippen molar-refractivity contribution in [3.8, 4) is 17.1 Å². The molecule has 1 saturated heterocycles. The fraction of sp³-hybridized carbons (Fsp3) is 0.360. The highest BCUT2D eigenvalue weighted by Gasteiger charge is 2.39. The predicted octanol–water partition coefficient (Wildman–Crippen LogP) is 3.31. The van der Waals surface area contributed by atoms with Crippen molar-refractivity contribution < 1.29 is 32.9 Å². The number of nitrogens with zero attached hydrogens (tertiary/aromatic N) is 5. The van der Waals surface area contributed by atoms with E-state index in [0.717, 1.165) is 31.5 Å². The van der Waals surface area contributed by atoms with Crippen LogP contribution in [0.5, 0.6) is 5.75 Å². The predicted molar refractivity (Wildman–Crippen MR) is 132 cm³/mol. The molecule has 1 fully saturated rings. The van der Waals surface area contributed by atoms with E-state index in [0.29, 0.717) is 23.8 Å². The average Bonchev–Trinajstić information content (AvgIpc) is 2.91. The van der Waals surface area contributed by atoms with Crippen molar-refractivity contribution in [1.29, 1.82) is 0 Å². The van der Waals surface area contributed by atoms with Gasteiger partial charge in [0, 0.05) is 30.9 Å². The molecule has 4 heterocycles. The maximum Gasteiger partial charge on any atom is 0.416 e. The largest absolute Gasteiger partial charge is 0.491 e. The zero-order valence-corrected chi connectivity index (χ0v) is 20.1. The van der Waals surface area contributed by atoms with Gasteiger partial charge in [0.25, 0.3) is 0 Å². The van der Waals surface area contributed by atoms with Crippen LogP contribution in [0.25, 0.3) is 11.4 Å². The lowest BCUT2D eigenvalue weighted by molar-refractivity contribution is -0.137. The van der Waals surface area contributed by atoms with Crippen LogP contribution >= 0.6 is 0 Å². The molecule has 0 unspecified atom stereocenters. The number of hydrogen-bond donors (Lipinski definition) is 3.